The van der Waals surface area contributed by atoms with Crippen LogP contribution in [0.4, 0.5) is 0 Å². The first-order valence-corrected chi connectivity index (χ1v) is 6.58. The van der Waals surface area contributed by atoms with Gasteiger partial charge in [0.1, 0.15) is 6.54 Å². The van der Waals surface area contributed by atoms with Crippen molar-refractivity contribution in [3.63, 3.8) is 0 Å². The van der Waals surface area contributed by atoms with Gasteiger partial charge in [0.15, 0.2) is 0 Å². The predicted octanol–water partition coefficient (Wildman–Crippen LogP) is 0.243. The fourth-order valence-corrected chi connectivity index (χ4v) is 2.62. The van der Waals surface area contributed by atoms with Crippen LogP contribution in [0.3, 0.4) is 0 Å². The lowest BCUT2D eigenvalue weighted by Gasteiger charge is -2.28. The predicted molar refractivity (Wildman–Crippen MR) is 65.6 cm³/mol. The second-order valence-electron chi connectivity index (χ2n) is 6.31. The van der Waals surface area contributed by atoms with Gasteiger partial charge in [-0.05, 0) is 44.0 Å². The highest BCUT2D eigenvalue weighted by atomic mass is 15.6. The number of tetrazole rings is 1. The topological polar surface area (TPSA) is 48.0 Å². The molecule has 0 bridgehead atoms. The third-order valence-corrected chi connectivity index (χ3v) is 3.44. The van der Waals surface area contributed by atoms with Crippen LogP contribution in [0.1, 0.15) is 46.4 Å². The molecular formula is C12H24N5+. The van der Waals surface area contributed by atoms with Crippen LogP contribution in [0.15, 0.2) is 0 Å². The number of nitrogens with zero attached hydrogens (tertiary/aromatic N) is 4. The molecule has 2 heterocycles. The molecule has 0 saturated carbocycles. The highest BCUT2D eigenvalue weighted by Gasteiger charge is 2.25. The minimum absolute atomic E-state index is 0.0281. The number of piperidine rings is 1. The number of nitrogens with one attached hydrogen (secondary N) is 1. The fourth-order valence-electron chi connectivity index (χ4n) is 2.62. The summed E-state index contributed by atoms with van der Waals surface area (Å²) in [6, 6.07) is 0. The molecule has 1 fully saturated rings. The molecule has 0 aliphatic carbocycles. The zero-order valence-electron chi connectivity index (χ0n) is 11.4. The van der Waals surface area contributed by atoms with E-state index in [1.165, 1.54) is 25.9 Å². The van der Waals surface area contributed by atoms with Crippen LogP contribution in [-0.2, 0) is 12.1 Å². The van der Waals surface area contributed by atoms with Gasteiger partial charge in [-0.2, -0.15) is 0 Å². The van der Waals surface area contributed by atoms with Gasteiger partial charge in [-0.15, -0.1) is 5.10 Å². The zero-order chi connectivity index (χ0) is 12.5. The van der Waals surface area contributed by atoms with Crippen LogP contribution in [0.25, 0.3) is 0 Å². The molecule has 1 N–H and O–H groups in total. The van der Waals surface area contributed by atoms with E-state index in [0.29, 0.717) is 0 Å². The zero-order valence-corrected chi connectivity index (χ0v) is 11.4. The van der Waals surface area contributed by atoms with Crippen LogP contribution in [-0.4, -0.2) is 33.3 Å². The molecule has 1 unspecified atom stereocenters. The molecule has 2 atom stereocenters. The summed E-state index contributed by atoms with van der Waals surface area (Å²) in [4.78, 5) is 1.61. The van der Waals surface area contributed by atoms with E-state index < -0.39 is 0 Å². The van der Waals surface area contributed by atoms with E-state index in [0.717, 1.165) is 18.3 Å². The molecule has 17 heavy (non-hydrogen) atoms. The molecule has 2 rings (SSSR count). The average molecular weight is 238 g/mol. The highest BCUT2D eigenvalue weighted by Crippen LogP contribution is 2.13. The van der Waals surface area contributed by atoms with E-state index in [9.17, 15) is 0 Å². The standard InChI is InChI=1S/C12H23N5/c1-10-6-5-7-16(8-10)9-11-13-14-15-17(11)12(2,3)4/h10H,5-9H2,1-4H3/p+1/t10-/m0/s1. The maximum absolute atomic E-state index is 4.18. The normalized spacial score (nSPS) is 26.1. The van der Waals surface area contributed by atoms with Crippen molar-refractivity contribution >= 4 is 0 Å². The molecule has 0 spiro atoms. The minimum Gasteiger partial charge on any atom is -0.328 e. The SMILES string of the molecule is C[C@H]1CCC[NH+](Cc2nnnn2C(C)(C)C)C1. The van der Waals surface area contributed by atoms with Crippen molar-refractivity contribution in [2.24, 2.45) is 5.92 Å². The fraction of sp³-hybridized carbons (Fsp3) is 0.917. The maximum atomic E-state index is 4.18. The first-order chi connectivity index (χ1) is 7.97. The van der Waals surface area contributed by atoms with Gasteiger partial charge in [0.2, 0.25) is 5.82 Å². The molecule has 5 nitrogen and oxygen atoms in total. The van der Waals surface area contributed by atoms with Crippen LogP contribution in [0.5, 0.6) is 0 Å². The van der Waals surface area contributed by atoms with E-state index in [1.54, 1.807) is 4.90 Å². The molecule has 1 aliphatic heterocycles. The van der Waals surface area contributed by atoms with Gasteiger partial charge in [-0.3, -0.25) is 0 Å². The molecular weight excluding hydrogens is 214 g/mol. The quantitative estimate of drug-likeness (QED) is 0.803. The summed E-state index contributed by atoms with van der Waals surface area (Å²) in [7, 11) is 0. The van der Waals surface area contributed by atoms with Crippen molar-refractivity contribution < 1.29 is 4.90 Å². The Hall–Kier alpha value is -0.970. The van der Waals surface area contributed by atoms with Crippen LogP contribution in [0.2, 0.25) is 0 Å². The van der Waals surface area contributed by atoms with Crippen molar-refractivity contribution in [2.45, 2.75) is 52.6 Å². The van der Waals surface area contributed by atoms with Crippen LogP contribution >= 0.6 is 0 Å². The smallest absolute Gasteiger partial charge is 0.206 e. The Morgan fingerprint density at radius 1 is 1.41 bits per heavy atom. The molecule has 1 aromatic heterocycles. The summed E-state index contributed by atoms with van der Waals surface area (Å²) in [5.41, 5.74) is -0.0281. The Balaban J connectivity index is 2.06. The number of hydrogen-bond donors (Lipinski definition) is 1. The van der Waals surface area contributed by atoms with E-state index >= 15 is 0 Å². The molecule has 0 amide bonds. The van der Waals surface area contributed by atoms with Crippen molar-refractivity contribution in [1.82, 2.24) is 20.2 Å². The van der Waals surface area contributed by atoms with Crippen molar-refractivity contribution in [3.05, 3.63) is 5.82 Å². The van der Waals surface area contributed by atoms with Gasteiger partial charge in [0, 0.05) is 5.92 Å². The number of quaternary nitrogens is 1. The Morgan fingerprint density at radius 2 is 2.18 bits per heavy atom. The van der Waals surface area contributed by atoms with Crippen molar-refractivity contribution in [3.8, 4) is 0 Å². The Kier molecular flexibility index (Phi) is 3.47. The lowest BCUT2D eigenvalue weighted by atomic mass is 10.0. The van der Waals surface area contributed by atoms with Gasteiger partial charge >= 0.3 is 0 Å². The number of hydrogen-bond acceptors (Lipinski definition) is 3. The largest absolute Gasteiger partial charge is 0.328 e. The number of aromatic nitrogens is 4. The summed E-state index contributed by atoms with van der Waals surface area (Å²) in [6.45, 7) is 12.2. The lowest BCUT2D eigenvalue weighted by Crippen LogP contribution is -3.12. The second kappa shape index (κ2) is 4.72. The van der Waals surface area contributed by atoms with Crippen LogP contribution in [0, 0.1) is 5.92 Å². The Morgan fingerprint density at radius 3 is 2.82 bits per heavy atom. The van der Waals surface area contributed by atoms with Gasteiger partial charge in [0.25, 0.3) is 0 Å². The number of rotatable bonds is 2. The molecule has 1 aromatic rings. The van der Waals surface area contributed by atoms with Gasteiger partial charge in [-0.1, -0.05) is 6.92 Å². The van der Waals surface area contributed by atoms with Gasteiger partial charge in [-0.25, -0.2) is 4.68 Å². The Bertz CT molecular complexity index is 365. The molecule has 1 saturated heterocycles. The van der Waals surface area contributed by atoms with Gasteiger partial charge in [0.05, 0.1) is 18.6 Å². The summed E-state index contributed by atoms with van der Waals surface area (Å²) < 4.78 is 1.96. The summed E-state index contributed by atoms with van der Waals surface area (Å²) in [5.74, 6) is 1.85. The molecule has 5 heteroatoms. The lowest BCUT2D eigenvalue weighted by molar-refractivity contribution is -0.922. The third kappa shape index (κ3) is 3.03. The third-order valence-electron chi connectivity index (χ3n) is 3.44. The first kappa shape index (κ1) is 12.5. The average Bonchev–Trinajstić information content (AvgIpc) is 2.65. The molecule has 1 aliphatic rings. The first-order valence-electron chi connectivity index (χ1n) is 6.58. The molecule has 0 radical (unpaired) electrons. The summed E-state index contributed by atoms with van der Waals surface area (Å²) >= 11 is 0. The summed E-state index contributed by atoms with van der Waals surface area (Å²) in [6.07, 6.45) is 2.70. The van der Waals surface area contributed by atoms with Crippen LogP contribution < -0.4 is 4.90 Å². The molecule has 0 aromatic carbocycles. The highest BCUT2D eigenvalue weighted by molar-refractivity contribution is 4.84. The molecule has 96 valence electrons. The van der Waals surface area contributed by atoms with E-state index in [2.05, 4.69) is 43.2 Å². The van der Waals surface area contributed by atoms with E-state index in [4.69, 9.17) is 0 Å². The van der Waals surface area contributed by atoms with Crippen molar-refractivity contribution in [1.29, 1.82) is 0 Å². The van der Waals surface area contributed by atoms with Crippen molar-refractivity contribution in [2.75, 3.05) is 13.1 Å². The van der Waals surface area contributed by atoms with E-state index in [1.807, 2.05) is 4.68 Å². The van der Waals surface area contributed by atoms with E-state index in [-0.39, 0.29) is 5.54 Å². The minimum atomic E-state index is -0.0281. The monoisotopic (exact) mass is 238 g/mol. The maximum Gasteiger partial charge on any atom is 0.206 e. The Labute approximate surface area is 103 Å². The second-order valence-corrected chi connectivity index (χ2v) is 6.31. The number of likely N-dealkylation sites (tertiary alicyclic amines) is 1. The summed E-state index contributed by atoms with van der Waals surface area (Å²) in [5, 5.41) is 12.1. The van der Waals surface area contributed by atoms with Gasteiger partial charge < -0.3 is 4.90 Å².